The molecule has 0 radical (unpaired) electrons. The van der Waals surface area contributed by atoms with Gasteiger partial charge < -0.3 is 13.6 Å². The molecule has 4 heterocycles. The summed E-state index contributed by atoms with van der Waals surface area (Å²) in [5.41, 5.74) is 8.59. The van der Waals surface area contributed by atoms with E-state index >= 15 is 0 Å². The van der Waals surface area contributed by atoms with Crippen LogP contribution < -0.4 is 0 Å². The van der Waals surface area contributed by atoms with Crippen LogP contribution in [0.3, 0.4) is 0 Å². The molecular formula is C57H35N5O. The number of furan rings is 1. The van der Waals surface area contributed by atoms with Gasteiger partial charge in [0.2, 0.25) is 0 Å². The van der Waals surface area contributed by atoms with E-state index in [0.29, 0.717) is 45.2 Å². The fraction of sp³-hybridized carbons (Fsp3) is 0. The lowest BCUT2D eigenvalue weighted by Gasteiger charge is -2.19. The first-order chi connectivity index (χ1) is 33.7. The second-order valence-electron chi connectivity index (χ2n) is 15.5. The van der Waals surface area contributed by atoms with Crippen molar-refractivity contribution in [1.82, 2.24) is 24.1 Å². The first-order valence-corrected chi connectivity index (χ1v) is 20.7. The Kier molecular flexibility index (Phi) is 6.56. The zero-order chi connectivity index (χ0) is 46.7. The number of aromatic nitrogens is 5. The minimum atomic E-state index is -0.209. The first-order valence-electron chi connectivity index (χ1n) is 23.7. The van der Waals surface area contributed by atoms with E-state index in [0.717, 1.165) is 49.4 Å². The van der Waals surface area contributed by atoms with E-state index in [9.17, 15) is 5.48 Å². The smallest absolute Gasteiger partial charge is 0.166 e. The molecule has 6 heteroatoms. The quantitative estimate of drug-likeness (QED) is 0.168. The molecule has 0 amide bonds. The molecule has 0 fully saturated rings. The molecule has 4 aromatic heterocycles. The predicted molar refractivity (Wildman–Crippen MR) is 258 cm³/mol. The van der Waals surface area contributed by atoms with Gasteiger partial charge in [-0.1, -0.05) is 164 Å². The Morgan fingerprint density at radius 3 is 1.78 bits per heavy atom. The monoisotopic (exact) mass is 811 g/mol. The molecule has 0 saturated carbocycles. The Bertz CT molecular complexity index is 4210. The van der Waals surface area contributed by atoms with Crippen LogP contribution in [0, 0.1) is 0 Å². The highest BCUT2D eigenvalue weighted by Gasteiger charge is 2.25. The number of fused-ring (bicyclic) bond motifs is 9. The van der Waals surface area contributed by atoms with E-state index in [2.05, 4.69) is 41.0 Å². The van der Waals surface area contributed by atoms with Crippen LogP contribution in [0.25, 0.3) is 122 Å². The molecule has 294 valence electrons. The summed E-state index contributed by atoms with van der Waals surface area (Å²) < 4.78 is 65.7. The van der Waals surface area contributed by atoms with Crippen LogP contribution in [0.5, 0.6) is 0 Å². The first kappa shape index (κ1) is 29.6. The summed E-state index contributed by atoms with van der Waals surface area (Å²) in [5.74, 6) is 1.11. The van der Waals surface area contributed by atoms with Gasteiger partial charge in [0.25, 0.3) is 0 Å². The SMILES string of the molecule is [2H]c1cc([2H])c2c(c1[2H])c1c([2H])c([2H])cc([2H])c1n2-c1c(-c2nc(-c3ccccc3)nc(-c3ccc4c5ccccc5n(-c5ccccc5)c4c3)n2)cccc1-c1cccc2c1oc1ccccc12. The average molecular weight is 812 g/mol. The number of hydrogen-bond donors (Lipinski definition) is 0. The summed E-state index contributed by atoms with van der Waals surface area (Å²) in [5, 5.41) is 4.29. The number of benzene rings is 9. The summed E-state index contributed by atoms with van der Waals surface area (Å²) in [6.07, 6.45) is 0. The Balaban J connectivity index is 1.16. The zero-order valence-electron chi connectivity index (χ0n) is 39.4. The van der Waals surface area contributed by atoms with E-state index in [-0.39, 0.29) is 63.9 Å². The average Bonchev–Trinajstić information content (AvgIpc) is 4.06. The Morgan fingerprint density at radius 1 is 0.381 bits per heavy atom. The van der Waals surface area contributed by atoms with Crippen molar-refractivity contribution in [2.45, 2.75) is 0 Å². The summed E-state index contributed by atoms with van der Waals surface area (Å²) in [6.45, 7) is 0. The van der Waals surface area contributed by atoms with E-state index in [4.69, 9.17) is 22.1 Å². The van der Waals surface area contributed by atoms with Gasteiger partial charge in [-0.15, -0.1) is 0 Å². The van der Waals surface area contributed by atoms with Crippen molar-refractivity contribution >= 4 is 65.6 Å². The van der Waals surface area contributed by atoms with E-state index in [1.807, 2.05) is 127 Å². The highest BCUT2D eigenvalue weighted by Crippen LogP contribution is 2.44. The number of hydrogen-bond acceptors (Lipinski definition) is 4. The van der Waals surface area contributed by atoms with Gasteiger partial charge in [-0.05, 0) is 48.5 Å². The van der Waals surface area contributed by atoms with Gasteiger partial charge in [0.15, 0.2) is 17.5 Å². The van der Waals surface area contributed by atoms with Crippen molar-refractivity contribution in [2.24, 2.45) is 0 Å². The standard InChI is InChI=1S/C57H35N5O/c1-3-17-36(18-4-1)55-58-56(37-33-34-42-41-23-7-11-29-48(41)61(51(42)35-37)38-19-5-2-6-20-38)60-57(59-55)47-28-15-25-44(46-27-16-26-45-43-24-10-14-32-52(43)63-54(45)46)53(47)62-49-30-12-8-21-39(49)40-22-9-13-31-50(40)62/h1-35H/i8D,9D,21D,22D,30D,31D. The van der Waals surface area contributed by atoms with Gasteiger partial charge in [0.1, 0.15) is 11.2 Å². The van der Waals surface area contributed by atoms with Crippen molar-refractivity contribution < 1.29 is 12.6 Å². The maximum absolute atomic E-state index is 9.50. The van der Waals surface area contributed by atoms with Gasteiger partial charge in [-0.2, -0.15) is 0 Å². The van der Waals surface area contributed by atoms with Crippen molar-refractivity contribution in [1.29, 1.82) is 0 Å². The topological polar surface area (TPSA) is 61.7 Å². The third kappa shape index (κ3) is 5.48. The second-order valence-corrected chi connectivity index (χ2v) is 15.5. The number of para-hydroxylation sites is 7. The lowest BCUT2D eigenvalue weighted by Crippen LogP contribution is -2.05. The van der Waals surface area contributed by atoms with Crippen LogP contribution in [0.4, 0.5) is 0 Å². The van der Waals surface area contributed by atoms with Crippen LogP contribution in [0.15, 0.2) is 217 Å². The normalized spacial score (nSPS) is 13.1. The summed E-state index contributed by atoms with van der Waals surface area (Å²) in [7, 11) is 0. The summed E-state index contributed by atoms with van der Waals surface area (Å²) in [4.78, 5) is 15.7. The molecule has 0 aliphatic heterocycles. The molecule has 13 rings (SSSR count). The largest absolute Gasteiger partial charge is 0.455 e. The fourth-order valence-corrected chi connectivity index (χ4v) is 9.19. The van der Waals surface area contributed by atoms with E-state index in [1.54, 1.807) is 4.57 Å². The third-order valence-electron chi connectivity index (χ3n) is 11.9. The third-order valence-corrected chi connectivity index (χ3v) is 11.9. The summed E-state index contributed by atoms with van der Waals surface area (Å²) in [6, 6.07) is 55.8. The van der Waals surface area contributed by atoms with Crippen molar-refractivity contribution in [3.8, 4) is 56.7 Å². The molecule has 63 heavy (non-hydrogen) atoms. The van der Waals surface area contributed by atoms with Crippen LogP contribution in [0.2, 0.25) is 0 Å². The fourth-order valence-electron chi connectivity index (χ4n) is 9.19. The van der Waals surface area contributed by atoms with Gasteiger partial charge in [0, 0.05) is 65.8 Å². The van der Waals surface area contributed by atoms with Gasteiger partial charge in [-0.25, -0.2) is 15.0 Å². The van der Waals surface area contributed by atoms with E-state index < -0.39 is 0 Å². The number of nitrogens with zero attached hydrogens (tertiary/aromatic N) is 5. The number of rotatable bonds is 6. The molecule has 0 bridgehead atoms. The maximum atomic E-state index is 9.50. The second kappa shape index (κ2) is 14.0. The zero-order valence-corrected chi connectivity index (χ0v) is 33.4. The molecular weight excluding hydrogens is 771 g/mol. The minimum Gasteiger partial charge on any atom is -0.455 e. The predicted octanol–water partition coefficient (Wildman–Crippen LogP) is 14.6. The van der Waals surface area contributed by atoms with Crippen LogP contribution >= 0.6 is 0 Å². The van der Waals surface area contributed by atoms with Crippen LogP contribution in [-0.4, -0.2) is 24.1 Å². The van der Waals surface area contributed by atoms with Crippen LogP contribution in [-0.2, 0) is 0 Å². The molecule has 0 saturated heterocycles. The van der Waals surface area contributed by atoms with Crippen molar-refractivity contribution in [3.05, 3.63) is 212 Å². The molecule has 9 aromatic carbocycles. The Labute approximate surface area is 370 Å². The lowest BCUT2D eigenvalue weighted by molar-refractivity contribution is 0.670. The highest BCUT2D eigenvalue weighted by molar-refractivity contribution is 6.14. The highest BCUT2D eigenvalue weighted by atomic mass is 16.3. The van der Waals surface area contributed by atoms with Gasteiger partial charge in [-0.3, -0.25) is 0 Å². The molecule has 0 N–H and O–H groups in total. The van der Waals surface area contributed by atoms with Crippen molar-refractivity contribution in [3.63, 3.8) is 0 Å². The lowest BCUT2D eigenvalue weighted by atomic mass is 9.97. The van der Waals surface area contributed by atoms with Crippen LogP contribution in [0.1, 0.15) is 8.22 Å². The molecule has 0 aliphatic rings. The Morgan fingerprint density at radius 2 is 0.984 bits per heavy atom. The molecule has 0 aliphatic carbocycles. The molecule has 13 aromatic rings. The molecule has 6 nitrogen and oxygen atoms in total. The molecule has 0 unspecified atom stereocenters. The maximum Gasteiger partial charge on any atom is 0.166 e. The van der Waals surface area contributed by atoms with E-state index in [1.165, 1.54) is 12.1 Å². The molecule has 0 atom stereocenters. The minimum absolute atomic E-state index is 0.0846. The summed E-state index contributed by atoms with van der Waals surface area (Å²) >= 11 is 0. The van der Waals surface area contributed by atoms with Gasteiger partial charge in [0.05, 0.1) is 36.0 Å². The van der Waals surface area contributed by atoms with Crippen molar-refractivity contribution in [2.75, 3.05) is 0 Å². The Hall–Kier alpha value is -8.61. The molecule has 0 spiro atoms. The van der Waals surface area contributed by atoms with Gasteiger partial charge >= 0.3 is 0 Å².